The average Bonchev–Trinajstić information content (AvgIpc) is 3.41. The number of furan rings is 1. The fraction of sp³-hybridized carbons (Fsp3) is 0.341. The molecular weight excluding hydrogens is 771 g/mol. The summed E-state index contributed by atoms with van der Waals surface area (Å²) in [4.78, 5) is 14.0. The zero-order valence-corrected chi connectivity index (χ0v) is 32.9. The molecule has 0 bridgehead atoms. The smallest absolute Gasteiger partial charge is 0.216 e. The van der Waals surface area contributed by atoms with Gasteiger partial charge in [0.25, 0.3) is 0 Å². The Kier molecular flexibility index (Phi) is 11.8. The van der Waals surface area contributed by atoms with Gasteiger partial charge in [-0.1, -0.05) is 88.5 Å². The molecule has 0 unspecified atom stereocenters. The Balaban J connectivity index is 0.000000221. The van der Waals surface area contributed by atoms with Gasteiger partial charge in [-0.25, -0.2) is 4.98 Å². The molecule has 0 saturated carbocycles. The number of pyridine rings is 3. The van der Waals surface area contributed by atoms with Crippen molar-refractivity contribution >= 4 is 35.3 Å². The van der Waals surface area contributed by atoms with E-state index in [4.69, 9.17) is 4.42 Å². The first-order valence-corrected chi connectivity index (χ1v) is 20.1. The van der Waals surface area contributed by atoms with Gasteiger partial charge in [0.15, 0.2) is 0 Å². The first-order chi connectivity index (χ1) is 21.9. The van der Waals surface area contributed by atoms with Crippen LogP contribution in [-0.2, 0) is 20.1 Å². The van der Waals surface area contributed by atoms with E-state index >= 15 is 0 Å². The Morgan fingerprint density at radius 2 is 1.62 bits per heavy atom. The van der Waals surface area contributed by atoms with Gasteiger partial charge in [-0.2, -0.15) is 0 Å². The van der Waals surface area contributed by atoms with Gasteiger partial charge >= 0.3 is 0 Å². The molecule has 0 saturated heterocycles. The predicted molar refractivity (Wildman–Crippen MR) is 197 cm³/mol. The first-order valence-electron chi connectivity index (χ1n) is 16.6. The molecule has 247 valence electrons. The Morgan fingerprint density at radius 3 is 2.26 bits per heavy atom. The summed E-state index contributed by atoms with van der Waals surface area (Å²) in [7, 11) is -1.34. The van der Waals surface area contributed by atoms with E-state index in [1.54, 1.807) is 0 Å². The maximum absolute atomic E-state index is 6.23. The third-order valence-electron chi connectivity index (χ3n) is 9.03. The largest absolute Gasteiger partial charge is 0.486 e. The monoisotopic (exact) mass is 818 g/mol. The van der Waals surface area contributed by atoms with Crippen molar-refractivity contribution in [1.29, 1.82) is 0 Å². The molecule has 47 heavy (non-hydrogen) atoms. The first kappa shape index (κ1) is 36.4. The number of aromatic nitrogens is 3. The molecular formula is C41H47IrN3OSi-2. The summed E-state index contributed by atoms with van der Waals surface area (Å²) >= 11 is 0. The number of aryl methyl sites for hydroxylation is 3. The fourth-order valence-corrected chi connectivity index (χ4v) is 7.84. The molecule has 6 heteroatoms. The topological polar surface area (TPSA) is 51.8 Å². The average molecular weight is 818 g/mol. The molecule has 6 rings (SSSR count). The van der Waals surface area contributed by atoms with Crippen LogP contribution >= 0.6 is 0 Å². The Bertz CT molecular complexity index is 1970. The van der Waals surface area contributed by atoms with Crippen LogP contribution in [0.4, 0.5) is 0 Å². The molecule has 0 atom stereocenters. The molecule has 0 aliphatic heterocycles. The standard InChI is InChI=1S/C24H25N2O.C17H22NSi.Ir/c1-6-17(7-2)18-10-11-25-21(13-18)19-9-8-14(3)22-20-12-15(4)16(5)26-24(20)27-23(19)22;1-13(2)15-11-16(14-9-7-6-8-10-14)18-12-17(15)19(3,4)5;/h8,10-13,17H,6-7H2,1-5H3;6-9,11-13H,1-5H3;/q2*-1;. The molecule has 4 heterocycles. The van der Waals surface area contributed by atoms with Crippen LogP contribution in [0.15, 0.2) is 71.4 Å². The van der Waals surface area contributed by atoms with E-state index < -0.39 is 8.07 Å². The number of benzene rings is 2. The number of hydrogen-bond donors (Lipinski definition) is 0. The summed E-state index contributed by atoms with van der Waals surface area (Å²) in [6.45, 7) is 22.3. The third kappa shape index (κ3) is 7.83. The van der Waals surface area contributed by atoms with Gasteiger partial charge in [-0.05, 0) is 72.8 Å². The van der Waals surface area contributed by atoms with Crippen LogP contribution in [-0.4, -0.2) is 23.0 Å². The second-order valence-corrected chi connectivity index (χ2v) is 18.8. The molecule has 2 aromatic carbocycles. The van der Waals surface area contributed by atoms with Crippen molar-refractivity contribution < 1.29 is 24.5 Å². The van der Waals surface area contributed by atoms with Crippen molar-refractivity contribution in [3.63, 3.8) is 0 Å². The van der Waals surface area contributed by atoms with Crippen molar-refractivity contribution in [2.75, 3.05) is 0 Å². The molecule has 1 radical (unpaired) electrons. The molecule has 0 spiro atoms. The van der Waals surface area contributed by atoms with Crippen LogP contribution in [0.25, 0.3) is 44.6 Å². The molecule has 0 aliphatic rings. The number of hydrogen-bond acceptors (Lipinski definition) is 4. The normalized spacial score (nSPS) is 11.6. The molecule has 4 aromatic heterocycles. The molecule has 0 N–H and O–H groups in total. The van der Waals surface area contributed by atoms with Gasteiger partial charge in [0.1, 0.15) is 0 Å². The predicted octanol–water partition coefficient (Wildman–Crippen LogP) is 10.9. The van der Waals surface area contributed by atoms with E-state index in [0.29, 0.717) is 17.5 Å². The molecule has 0 aliphatic carbocycles. The van der Waals surface area contributed by atoms with Crippen molar-refractivity contribution in [2.24, 2.45) is 0 Å². The minimum atomic E-state index is -1.34. The maximum Gasteiger partial charge on any atom is 0.216 e. The quantitative estimate of drug-likeness (QED) is 0.119. The summed E-state index contributed by atoms with van der Waals surface area (Å²) in [6, 6.07) is 25.5. The number of fused-ring (bicyclic) bond motifs is 3. The van der Waals surface area contributed by atoms with Gasteiger partial charge < -0.3 is 14.4 Å². The molecule has 6 aromatic rings. The fourth-order valence-electron chi connectivity index (χ4n) is 6.16. The van der Waals surface area contributed by atoms with Crippen LogP contribution in [0.3, 0.4) is 0 Å². The van der Waals surface area contributed by atoms with E-state index in [0.717, 1.165) is 63.0 Å². The van der Waals surface area contributed by atoms with Crippen LogP contribution in [0, 0.1) is 32.9 Å². The van der Waals surface area contributed by atoms with Crippen LogP contribution in [0.5, 0.6) is 0 Å². The Hall–Kier alpha value is -3.44. The Morgan fingerprint density at radius 1 is 0.872 bits per heavy atom. The van der Waals surface area contributed by atoms with E-state index in [9.17, 15) is 0 Å². The minimum absolute atomic E-state index is 0. The van der Waals surface area contributed by atoms with E-state index in [1.165, 1.54) is 21.9 Å². The summed E-state index contributed by atoms with van der Waals surface area (Å²) in [5, 5.41) is 3.66. The van der Waals surface area contributed by atoms with Crippen molar-refractivity contribution in [3.05, 3.63) is 107 Å². The second kappa shape index (κ2) is 15.2. The summed E-state index contributed by atoms with van der Waals surface area (Å²) in [5.74, 6) is 1.09. The van der Waals surface area contributed by atoms with Crippen molar-refractivity contribution in [2.45, 2.75) is 92.8 Å². The molecule has 0 amide bonds. The van der Waals surface area contributed by atoms with Gasteiger partial charge in [0.2, 0.25) is 5.71 Å². The van der Waals surface area contributed by atoms with Gasteiger partial charge in [0.05, 0.1) is 13.7 Å². The second-order valence-electron chi connectivity index (χ2n) is 13.7. The van der Waals surface area contributed by atoms with Crippen molar-refractivity contribution in [1.82, 2.24) is 15.0 Å². The van der Waals surface area contributed by atoms with Crippen LogP contribution < -0.4 is 5.19 Å². The van der Waals surface area contributed by atoms with Crippen LogP contribution in [0.2, 0.25) is 19.6 Å². The summed E-state index contributed by atoms with van der Waals surface area (Å²) in [6.07, 6.45) is 6.25. The molecule has 0 fully saturated rings. The zero-order valence-electron chi connectivity index (χ0n) is 29.5. The Labute approximate surface area is 295 Å². The van der Waals surface area contributed by atoms with E-state index in [2.05, 4.69) is 125 Å². The third-order valence-corrected chi connectivity index (χ3v) is 11.1. The minimum Gasteiger partial charge on any atom is -0.486 e. The maximum atomic E-state index is 6.23. The summed E-state index contributed by atoms with van der Waals surface area (Å²) in [5.41, 5.74) is 11.5. The van der Waals surface area contributed by atoms with Crippen molar-refractivity contribution in [3.8, 4) is 22.5 Å². The molecule has 4 nitrogen and oxygen atoms in total. The van der Waals surface area contributed by atoms with E-state index in [-0.39, 0.29) is 20.1 Å². The van der Waals surface area contributed by atoms with E-state index in [1.807, 2.05) is 37.4 Å². The van der Waals surface area contributed by atoms with Crippen LogP contribution in [0.1, 0.15) is 80.3 Å². The summed E-state index contributed by atoms with van der Waals surface area (Å²) < 4.78 is 6.23. The SMILES string of the molecule is CC(C)c1cc(-c2[c-]cccc2)ncc1[Si](C)(C)C.CCC(CC)c1ccnc(-c2[c-]cc(C)c3c2oc2nc(C)c(C)cc23)c1.[Ir]. The number of rotatable bonds is 7. The number of nitrogens with zero attached hydrogens (tertiary/aromatic N) is 3. The zero-order chi connectivity index (χ0) is 33.2. The van der Waals surface area contributed by atoms with Gasteiger partial charge in [0, 0.05) is 43.6 Å². The van der Waals surface area contributed by atoms with Gasteiger partial charge in [-0.3, -0.25) is 0 Å². The van der Waals surface area contributed by atoms with Gasteiger partial charge in [-0.15, -0.1) is 53.6 Å².